The minimum atomic E-state index is -0.550. The van der Waals surface area contributed by atoms with E-state index in [1.165, 1.54) is 0 Å². The van der Waals surface area contributed by atoms with Gasteiger partial charge in [-0.15, -0.1) is 0 Å². The third-order valence-electron chi connectivity index (χ3n) is 3.83. The van der Waals surface area contributed by atoms with Crippen LogP contribution in [0.5, 0.6) is 0 Å². The van der Waals surface area contributed by atoms with Gasteiger partial charge in [-0.2, -0.15) is 5.10 Å². The van der Waals surface area contributed by atoms with E-state index in [0.717, 1.165) is 37.2 Å². The van der Waals surface area contributed by atoms with Crippen LogP contribution in [-0.2, 0) is 16.0 Å². The van der Waals surface area contributed by atoms with E-state index >= 15 is 0 Å². The zero-order chi connectivity index (χ0) is 15.2. The molecule has 1 saturated heterocycles. The molecule has 1 aliphatic rings. The number of nitrogens with zero attached hydrogens (tertiary/aromatic N) is 2. The van der Waals surface area contributed by atoms with Crippen LogP contribution in [0.3, 0.4) is 0 Å². The quantitative estimate of drug-likeness (QED) is 0.888. The van der Waals surface area contributed by atoms with Gasteiger partial charge in [-0.25, -0.2) is 0 Å². The normalized spacial score (nSPS) is 17.5. The van der Waals surface area contributed by atoms with E-state index in [4.69, 9.17) is 9.47 Å². The lowest BCUT2D eigenvalue weighted by Crippen LogP contribution is -2.29. The standard InChI is InChI=1S/C17H22N2O3/c20-16(13-22-17-6-8-21-9-7-17)12-19-11-15(10-18-19)14-4-2-1-3-5-14/h1-5,10-11,16-17,20H,6-9,12-13H2. The molecular formula is C17H22N2O3. The first kappa shape index (κ1) is 15.2. The van der Waals surface area contributed by atoms with Crippen LogP contribution in [0.25, 0.3) is 11.1 Å². The van der Waals surface area contributed by atoms with Crippen molar-refractivity contribution in [1.82, 2.24) is 9.78 Å². The first-order valence-corrected chi connectivity index (χ1v) is 7.76. The lowest BCUT2D eigenvalue weighted by Gasteiger charge is -2.23. The van der Waals surface area contributed by atoms with E-state index in [1.54, 1.807) is 4.68 Å². The molecule has 1 fully saturated rings. The highest BCUT2D eigenvalue weighted by Gasteiger charge is 2.16. The molecule has 1 aromatic carbocycles. The number of benzene rings is 1. The van der Waals surface area contributed by atoms with Gasteiger partial charge in [0, 0.05) is 25.0 Å². The van der Waals surface area contributed by atoms with Crippen LogP contribution in [0, 0.1) is 0 Å². The molecule has 118 valence electrons. The van der Waals surface area contributed by atoms with E-state index in [-0.39, 0.29) is 6.10 Å². The second kappa shape index (κ2) is 7.54. The maximum Gasteiger partial charge on any atom is 0.0969 e. The first-order chi connectivity index (χ1) is 10.8. The van der Waals surface area contributed by atoms with Crippen LogP contribution in [0.15, 0.2) is 42.7 Å². The Morgan fingerprint density at radius 3 is 2.77 bits per heavy atom. The molecule has 22 heavy (non-hydrogen) atoms. The maximum atomic E-state index is 10.1. The summed E-state index contributed by atoms with van der Waals surface area (Å²) in [5.74, 6) is 0. The van der Waals surface area contributed by atoms with E-state index in [1.807, 2.05) is 42.7 Å². The van der Waals surface area contributed by atoms with Crippen LogP contribution in [-0.4, -0.2) is 46.9 Å². The van der Waals surface area contributed by atoms with Gasteiger partial charge in [-0.05, 0) is 18.4 Å². The molecule has 0 amide bonds. The number of hydrogen-bond acceptors (Lipinski definition) is 4. The molecule has 0 saturated carbocycles. The molecule has 5 heteroatoms. The Morgan fingerprint density at radius 1 is 1.23 bits per heavy atom. The summed E-state index contributed by atoms with van der Waals surface area (Å²) in [6.45, 7) is 2.28. The second-order valence-corrected chi connectivity index (χ2v) is 5.62. The molecule has 0 spiro atoms. The fraction of sp³-hybridized carbons (Fsp3) is 0.471. The van der Waals surface area contributed by atoms with Gasteiger partial charge in [0.15, 0.2) is 0 Å². The van der Waals surface area contributed by atoms with Crippen molar-refractivity contribution in [2.75, 3.05) is 19.8 Å². The highest BCUT2D eigenvalue weighted by molar-refractivity contribution is 5.61. The Bertz CT molecular complexity index is 564. The van der Waals surface area contributed by atoms with Gasteiger partial charge in [-0.1, -0.05) is 30.3 Å². The fourth-order valence-corrected chi connectivity index (χ4v) is 2.60. The fourth-order valence-electron chi connectivity index (χ4n) is 2.60. The topological polar surface area (TPSA) is 56.5 Å². The Hall–Kier alpha value is -1.69. The van der Waals surface area contributed by atoms with Crippen molar-refractivity contribution in [3.63, 3.8) is 0 Å². The maximum absolute atomic E-state index is 10.1. The Kier molecular flexibility index (Phi) is 5.21. The van der Waals surface area contributed by atoms with Crippen molar-refractivity contribution in [3.05, 3.63) is 42.7 Å². The SMILES string of the molecule is OC(COC1CCOCC1)Cn1cc(-c2ccccc2)cn1. The van der Waals surface area contributed by atoms with Crippen LogP contribution in [0.1, 0.15) is 12.8 Å². The average Bonchev–Trinajstić information content (AvgIpc) is 3.03. The molecule has 0 radical (unpaired) electrons. The summed E-state index contributed by atoms with van der Waals surface area (Å²) in [7, 11) is 0. The molecule has 1 N–H and O–H groups in total. The van der Waals surface area contributed by atoms with Crippen molar-refractivity contribution >= 4 is 0 Å². The summed E-state index contributed by atoms with van der Waals surface area (Å²) < 4.78 is 12.8. The number of ether oxygens (including phenoxy) is 2. The minimum absolute atomic E-state index is 0.209. The van der Waals surface area contributed by atoms with Gasteiger partial charge in [0.25, 0.3) is 0 Å². The van der Waals surface area contributed by atoms with Gasteiger partial charge < -0.3 is 14.6 Å². The third kappa shape index (κ3) is 4.16. The molecule has 2 aromatic rings. The van der Waals surface area contributed by atoms with Crippen molar-refractivity contribution in [1.29, 1.82) is 0 Å². The Morgan fingerprint density at radius 2 is 2.00 bits per heavy atom. The third-order valence-corrected chi connectivity index (χ3v) is 3.83. The number of aliphatic hydroxyl groups excluding tert-OH is 1. The molecule has 1 atom stereocenters. The molecule has 1 aliphatic heterocycles. The van der Waals surface area contributed by atoms with Gasteiger partial charge in [0.05, 0.1) is 31.6 Å². The van der Waals surface area contributed by atoms with Crippen LogP contribution in [0.4, 0.5) is 0 Å². The monoisotopic (exact) mass is 302 g/mol. The summed E-state index contributed by atoms with van der Waals surface area (Å²) in [5, 5.41) is 14.4. The van der Waals surface area contributed by atoms with Crippen molar-refractivity contribution in [3.8, 4) is 11.1 Å². The van der Waals surface area contributed by atoms with Gasteiger partial charge in [-0.3, -0.25) is 4.68 Å². The molecular weight excluding hydrogens is 280 g/mol. The molecule has 1 unspecified atom stereocenters. The molecule has 0 aliphatic carbocycles. The number of aromatic nitrogens is 2. The second-order valence-electron chi connectivity index (χ2n) is 5.62. The number of aliphatic hydroxyl groups is 1. The summed E-state index contributed by atoms with van der Waals surface area (Å²) in [5.41, 5.74) is 2.18. The Balaban J connectivity index is 1.49. The van der Waals surface area contributed by atoms with E-state index in [9.17, 15) is 5.11 Å². The zero-order valence-corrected chi connectivity index (χ0v) is 12.6. The highest BCUT2D eigenvalue weighted by Crippen LogP contribution is 2.17. The predicted octanol–water partition coefficient (Wildman–Crippen LogP) is 2.11. The average molecular weight is 302 g/mol. The van der Waals surface area contributed by atoms with Crippen molar-refractivity contribution in [2.45, 2.75) is 31.6 Å². The van der Waals surface area contributed by atoms with Gasteiger partial charge >= 0.3 is 0 Å². The van der Waals surface area contributed by atoms with Crippen molar-refractivity contribution in [2.24, 2.45) is 0 Å². The number of hydrogen-bond donors (Lipinski definition) is 1. The smallest absolute Gasteiger partial charge is 0.0969 e. The highest BCUT2D eigenvalue weighted by atomic mass is 16.5. The van der Waals surface area contributed by atoms with E-state index in [2.05, 4.69) is 5.10 Å². The summed E-state index contributed by atoms with van der Waals surface area (Å²) >= 11 is 0. The first-order valence-electron chi connectivity index (χ1n) is 7.76. The van der Waals surface area contributed by atoms with Gasteiger partial charge in [0.1, 0.15) is 0 Å². The molecule has 3 rings (SSSR count). The van der Waals surface area contributed by atoms with E-state index in [0.29, 0.717) is 13.2 Å². The minimum Gasteiger partial charge on any atom is -0.389 e. The van der Waals surface area contributed by atoms with Crippen molar-refractivity contribution < 1.29 is 14.6 Å². The lowest BCUT2D eigenvalue weighted by atomic mass is 10.1. The molecule has 2 heterocycles. The predicted molar refractivity (Wildman–Crippen MR) is 83.5 cm³/mol. The molecule has 0 bridgehead atoms. The zero-order valence-electron chi connectivity index (χ0n) is 12.6. The summed E-state index contributed by atoms with van der Waals surface area (Å²) in [6, 6.07) is 10.1. The molecule has 1 aromatic heterocycles. The lowest BCUT2D eigenvalue weighted by molar-refractivity contribution is -0.0622. The van der Waals surface area contributed by atoms with Crippen LogP contribution >= 0.6 is 0 Å². The van der Waals surface area contributed by atoms with Crippen LogP contribution < -0.4 is 0 Å². The van der Waals surface area contributed by atoms with E-state index < -0.39 is 6.10 Å². The molecule has 5 nitrogen and oxygen atoms in total. The summed E-state index contributed by atoms with van der Waals surface area (Å²) in [6.07, 6.45) is 5.25. The number of rotatable bonds is 6. The summed E-state index contributed by atoms with van der Waals surface area (Å²) in [4.78, 5) is 0. The largest absolute Gasteiger partial charge is 0.389 e. The Labute approximate surface area is 130 Å². The van der Waals surface area contributed by atoms with Gasteiger partial charge in [0.2, 0.25) is 0 Å². The van der Waals surface area contributed by atoms with Crippen LogP contribution in [0.2, 0.25) is 0 Å².